The van der Waals surface area contributed by atoms with Gasteiger partial charge in [0.15, 0.2) is 5.90 Å². The molecule has 0 atom stereocenters. The minimum absolute atomic E-state index is 0.0261. The Morgan fingerprint density at radius 2 is 2.05 bits per heavy atom. The summed E-state index contributed by atoms with van der Waals surface area (Å²) in [7, 11) is 3.58. The molecule has 0 aliphatic carbocycles. The van der Waals surface area contributed by atoms with Crippen molar-refractivity contribution in [2.75, 3.05) is 7.11 Å². The van der Waals surface area contributed by atoms with Crippen LogP contribution >= 0.6 is 0 Å². The largest absolute Gasteiger partial charge is 0.484 e. The van der Waals surface area contributed by atoms with Gasteiger partial charge in [-0.2, -0.15) is 5.26 Å². The molecule has 1 aliphatic rings. The molecule has 0 amide bonds. The summed E-state index contributed by atoms with van der Waals surface area (Å²) in [5.41, 5.74) is 4.95. The van der Waals surface area contributed by atoms with E-state index in [-0.39, 0.29) is 5.41 Å². The molecule has 0 fully saturated rings. The molecule has 2 aromatic rings. The zero-order valence-electron chi connectivity index (χ0n) is 13.3. The van der Waals surface area contributed by atoms with Crippen molar-refractivity contribution in [3.63, 3.8) is 0 Å². The molecule has 0 radical (unpaired) electrons. The maximum atomic E-state index is 9.11. The number of benzene rings is 1. The summed E-state index contributed by atoms with van der Waals surface area (Å²) in [5.74, 6) is 0.774. The summed E-state index contributed by atoms with van der Waals surface area (Å²) < 4.78 is 7.26. The number of fused-ring (bicyclic) bond motifs is 1. The number of aromatic nitrogens is 1. The van der Waals surface area contributed by atoms with Gasteiger partial charge in [-0.25, -0.2) is 4.99 Å². The number of nitriles is 1. The van der Waals surface area contributed by atoms with Gasteiger partial charge in [0.05, 0.1) is 12.8 Å². The van der Waals surface area contributed by atoms with Crippen LogP contribution in [0.25, 0.3) is 11.3 Å². The second-order valence-corrected chi connectivity index (χ2v) is 6.28. The smallest absolute Gasteiger partial charge is 0.188 e. The molecule has 1 aromatic heterocycles. The molecule has 0 spiro atoms. The Morgan fingerprint density at radius 1 is 1.27 bits per heavy atom. The Morgan fingerprint density at radius 3 is 2.68 bits per heavy atom. The fourth-order valence-electron chi connectivity index (χ4n) is 3.01. The van der Waals surface area contributed by atoms with Gasteiger partial charge in [-0.05, 0) is 35.4 Å². The van der Waals surface area contributed by atoms with Gasteiger partial charge in [0.25, 0.3) is 0 Å². The molecule has 4 nitrogen and oxygen atoms in total. The van der Waals surface area contributed by atoms with E-state index in [2.05, 4.69) is 31.0 Å². The third-order valence-electron chi connectivity index (χ3n) is 4.33. The zero-order valence-corrected chi connectivity index (χ0v) is 13.3. The molecular weight excluding hydrogens is 274 g/mol. The van der Waals surface area contributed by atoms with Crippen LogP contribution in [0, 0.1) is 11.3 Å². The Hall–Kier alpha value is -2.54. The van der Waals surface area contributed by atoms with Crippen molar-refractivity contribution in [3.05, 3.63) is 41.6 Å². The molecule has 2 heterocycles. The van der Waals surface area contributed by atoms with Crippen molar-refractivity contribution in [1.29, 1.82) is 5.26 Å². The van der Waals surface area contributed by atoms with Crippen molar-refractivity contribution < 1.29 is 4.74 Å². The maximum Gasteiger partial charge on any atom is 0.188 e. The number of nitrogens with zero attached hydrogens (tertiary/aromatic N) is 3. The first kappa shape index (κ1) is 14.4. The summed E-state index contributed by atoms with van der Waals surface area (Å²) in [4.78, 5) is 4.57. The number of methoxy groups -OCH3 is 1. The van der Waals surface area contributed by atoms with E-state index in [1.54, 1.807) is 7.11 Å². The highest BCUT2D eigenvalue weighted by atomic mass is 16.5. The fraction of sp³-hybridized carbons (Fsp3) is 0.333. The SMILES string of the molecule is COC1=Nc2ccc(-c3ccc(C#N)n3C)cc2C(C)(C)C1. The van der Waals surface area contributed by atoms with E-state index in [0.717, 1.165) is 29.3 Å². The molecule has 22 heavy (non-hydrogen) atoms. The summed E-state index contributed by atoms with van der Waals surface area (Å²) >= 11 is 0. The average Bonchev–Trinajstić information content (AvgIpc) is 2.87. The highest BCUT2D eigenvalue weighted by molar-refractivity contribution is 5.85. The van der Waals surface area contributed by atoms with E-state index in [4.69, 9.17) is 10.00 Å². The quantitative estimate of drug-likeness (QED) is 0.800. The topological polar surface area (TPSA) is 50.3 Å². The molecule has 0 bridgehead atoms. The van der Waals surface area contributed by atoms with Gasteiger partial charge in [0, 0.05) is 24.6 Å². The average molecular weight is 293 g/mol. The van der Waals surface area contributed by atoms with Crippen LogP contribution in [0.2, 0.25) is 0 Å². The monoisotopic (exact) mass is 293 g/mol. The number of aliphatic imine (C=N–C) groups is 1. The lowest BCUT2D eigenvalue weighted by atomic mass is 9.78. The number of ether oxygens (including phenoxy) is 1. The van der Waals surface area contributed by atoms with Crippen LogP contribution in [0.5, 0.6) is 0 Å². The Balaban J connectivity index is 2.14. The van der Waals surface area contributed by atoms with E-state index in [1.165, 1.54) is 5.56 Å². The van der Waals surface area contributed by atoms with Crippen molar-refractivity contribution in [2.45, 2.75) is 25.7 Å². The minimum Gasteiger partial charge on any atom is -0.484 e. The first-order chi connectivity index (χ1) is 10.5. The van der Waals surface area contributed by atoms with Crippen molar-refractivity contribution in [2.24, 2.45) is 12.0 Å². The Labute approximate surface area is 130 Å². The summed E-state index contributed by atoms with van der Waals surface area (Å²) in [5, 5.41) is 9.11. The lowest BCUT2D eigenvalue weighted by Gasteiger charge is -2.31. The second kappa shape index (κ2) is 5.03. The van der Waals surface area contributed by atoms with Crippen molar-refractivity contribution in [1.82, 2.24) is 4.57 Å². The molecule has 0 N–H and O–H groups in total. The molecule has 112 valence electrons. The normalized spacial score (nSPS) is 15.7. The lowest BCUT2D eigenvalue weighted by molar-refractivity contribution is 0.365. The van der Waals surface area contributed by atoms with Gasteiger partial charge >= 0.3 is 0 Å². The van der Waals surface area contributed by atoms with Crippen molar-refractivity contribution >= 4 is 11.6 Å². The molecule has 0 saturated heterocycles. The molecule has 1 aromatic carbocycles. The highest BCUT2D eigenvalue weighted by Gasteiger charge is 2.30. The summed E-state index contributed by atoms with van der Waals surface area (Å²) in [6, 6.07) is 12.3. The summed E-state index contributed by atoms with van der Waals surface area (Å²) in [6.07, 6.45) is 0.788. The van der Waals surface area contributed by atoms with Crippen LogP contribution < -0.4 is 0 Å². The Bertz CT molecular complexity index is 806. The number of hydrogen-bond donors (Lipinski definition) is 0. The fourth-order valence-corrected chi connectivity index (χ4v) is 3.01. The molecular formula is C18H19N3O. The predicted molar refractivity (Wildman–Crippen MR) is 87.3 cm³/mol. The van der Waals surface area contributed by atoms with E-state index in [0.29, 0.717) is 5.69 Å². The first-order valence-corrected chi connectivity index (χ1v) is 7.28. The molecule has 0 unspecified atom stereocenters. The zero-order chi connectivity index (χ0) is 15.9. The Kier molecular flexibility index (Phi) is 3.29. The van der Waals surface area contributed by atoms with Crippen LogP contribution in [0.4, 0.5) is 5.69 Å². The highest BCUT2D eigenvalue weighted by Crippen LogP contribution is 2.41. The molecule has 4 heteroatoms. The van der Waals surface area contributed by atoms with Gasteiger partial charge < -0.3 is 9.30 Å². The maximum absolute atomic E-state index is 9.11. The third kappa shape index (κ3) is 2.19. The van der Waals surface area contributed by atoms with Gasteiger partial charge in [0.2, 0.25) is 0 Å². The second-order valence-electron chi connectivity index (χ2n) is 6.28. The molecule has 1 aliphatic heterocycles. The predicted octanol–water partition coefficient (Wildman–Crippen LogP) is 3.92. The lowest BCUT2D eigenvalue weighted by Crippen LogP contribution is -2.26. The first-order valence-electron chi connectivity index (χ1n) is 7.28. The van der Waals surface area contributed by atoms with Gasteiger partial charge in [-0.15, -0.1) is 0 Å². The van der Waals surface area contributed by atoms with E-state index in [9.17, 15) is 0 Å². The molecule has 0 saturated carbocycles. The van der Waals surface area contributed by atoms with Crippen LogP contribution in [0.1, 0.15) is 31.5 Å². The minimum atomic E-state index is -0.0261. The van der Waals surface area contributed by atoms with Gasteiger partial charge in [-0.1, -0.05) is 19.9 Å². The third-order valence-corrected chi connectivity index (χ3v) is 4.33. The van der Waals surface area contributed by atoms with Crippen LogP contribution in [0.3, 0.4) is 0 Å². The van der Waals surface area contributed by atoms with E-state index in [1.807, 2.05) is 35.9 Å². The van der Waals surface area contributed by atoms with E-state index >= 15 is 0 Å². The van der Waals surface area contributed by atoms with E-state index < -0.39 is 0 Å². The van der Waals surface area contributed by atoms with Crippen LogP contribution in [-0.4, -0.2) is 17.6 Å². The van der Waals surface area contributed by atoms with Crippen LogP contribution in [0.15, 0.2) is 35.3 Å². The van der Waals surface area contributed by atoms with Crippen LogP contribution in [-0.2, 0) is 17.2 Å². The molecule has 3 rings (SSSR count). The number of hydrogen-bond acceptors (Lipinski definition) is 3. The van der Waals surface area contributed by atoms with Gasteiger partial charge in [0.1, 0.15) is 11.8 Å². The number of rotatable bonds is 1. The standard InChI is InChI=1S/C18H19N3O/c1-18(2)10-17(22-4)20-15-7-5-12(9-14(15)18)16-8-6-13(11-19)21(16)3/h5-9H,10H2,1-4H3. The van der Waals surface area contributed by atoms with Crippen molar-refractivity contribution in [3.8, 4) is 17.3 Å². The van der Waals surface area contributed by atoms with Gasteiger partial charge in [-0.3, -0.25) is 0 Å². The summed E-state index contributed by atoms with van der Waals surface area (Å²) in [6.45, 7) is 4.41.